The SMILES string of the molecule is Cc1cc(OC(C)C(=O)Nc2ccc(S(N)(=O)=O)cc2)ccc1Cl. The van der Waals surface area contributed by atoms with Gasteiger partial charge in [-0.2, -0.15) is 0 Å². The average molecular weight is 369 g/mol. The van der Waals surface area contributed by atoms with Crippen molar-refractivity contribution in [3.8, 4) is 5.75 Å². The summed E-state index contributed by atoms with van der Waals surface area (Å²) >= 11 is 5.95. The molecular formula is C16H17ClN2O4S. The maximum absolute atomic E-state index is 12.1. The van der Waals surface area contributed by atoms with Crippen molar-refractivity contribution < 1.29 is 17.9 Å². The molecule has 0 aromatic heterocycles. The summed E-state index contributed by atoms with van der Waals surface area (Å²) in [5.41, 5.74) is 1.29. The maximum Gasteiger partial charge on any atom is 0.265 e. The Balaban J connectivity index is 2.02. The normalized spacial score (nSPS) is 12.5. The van der Waals surface area contributed by atoms with Crippen LogP contribution in [-0.2, 0) is 14.8 Å². The molecule has 2 aromatic rings. The Labute approximate surface area is 145 Å². The van der Waals surface area contributed by atoms with E-state index in [1.165, 1.54) is 24.3 Å². The number of rotatable bonds is 5. The summed E-state index contributed by atoms with van der Waals surface area (Å²) in [6, 6.07) is 10.7. The standard InChI is InChI=1S/C16H17ClN2O4S/c1-10-9-13(5-8-15(10)17)23-11(2)16(20)19-12-3-6-14(7-4-12)24(18,21)22/h3-9,11H,1-2H3,(H,19,20)(H2,18,21,22). The smallest absolute Gasteiger partial charge is 0.265 e. The summed E-state index contributed by atoms with van der Waals surface area (Å²) < 4.78 is 28.0. The first-order valence-corrected chi connectivity index (χ1v) is 8.96. The Morgan fingerprint density at radius 3 is 2.38 bits per heavy atom. The Kier molecular flexibility index (Phi) is 5.48. The number of hydrogen-bond donors (Lipinski definition) is 2. The lowest BCUT2D eigenvalue weighted by molar-refractivity contribution is -0.122. The number of nitrogens with two attached hydrogens (primary N) is 1. The summed E-state index contributed by atoms with van der Waals surface area (Å²) in [5.74, 6) is 0.162. The van der Waals surface area contributed by atoms with E-state index in [1.807, 2.05) is 6.92 Å². The van der Waals surface area contributed by atoms with Crippen LogP contribution in [0.15, 0.2) is 47.4 Å². The van der Waals surface area contributed by atoms with E-state index in [1.54, 1.807) is 25.1 Å². The first-order chi connectivity index (χ1) is 11.2. The minimum atomic E-state index is -3.76. The third kappa shape index (κ3) is 4.70. The monoisotopic (exact) mass is 368 g/mol. The van der Waals surface area contributed by atoms with Gasteiger partial charge in [0.15, 0.2) is 6.10 Å². The van der Waals surface area contributed by atoms with Crippen molar-refractivity contribution >= 4 is 33.2 Å². The van der Waals surface area contributed by atoms with Gasteiger partial charge in [-0.15, -0.1) is 0 Å². The van der Waals surface area contributed by atoms with Crippen molar-refractivity contribution in [2.45, 2.75) is 24.8 Å². The molecule has 3 N–H and O–H groups in total. The van der Waals surface area contributed by atoms with Gasteiger partial charge >= 0.3 is 0 Å². The zero-order valence-corrected chi connectivity index (χ0v) is 14.7. The number of nitrogens with one attached hydrogen (secondary N) is 1. The molecule has 6 nitrogen and oxygen atoms in total. The molecule has 0 aliphatic rings. The molecule has 0 heterocycles. The molecule has 0 saturated heterocycles. The van der Waals surface area contributed by atoms with E-state index in [0.29, 0.717) is 16.5 Å². The predicted molar refractivity (Wildman–Crippen MR) is 92.7 cm³/mol. The summed E-state index contributed by atoms with van der Waals surface area (Å²) in [5, 5.41) is 8.28. The third-order valence-corrected chi connectivity index (χ3v) is 4.62. The number of sulfonamides is 1. The predicted octanol–water partition coefficient (Wildman–Crippen LogP) is 2.70. The second-order valence-electron chi connectivity index (χ2n) is 5.23. The summed E-state index contributed by atoms with van der Waals surface area (Å²) in [6.07, 6.45) is -0.747. The molecule has 0 aliphatic carbocycles. The van der Waals surface area contributed by atoms with E-state index in [4.69, 9.17) is 21.5 Å². The van der Waals surface area contributed by atoms with E-state index >= 15 is 0 Å². The number of carbonyl (C=O) groups excluding carboxylic acids is 1. The molecule has 2 rings (SSSR count). The van der Waals surface area contributed by atoms with Crippen LogP contribution in [-0.4, -0.2) is 20.4 Å². The fraction of sp³-hybridized carbons (Fsp3) is 0.188. The highest BCUT2D eigenvalue weighted by molar-refractivity contribution is 7.89. The van der Waals surface area contributed by atoms with Gasteiger partial charge in [-0.25, -0.2) is 13.6 Å². The number of ether oxygens (including phenoxy) is 1. The average Bonchev–Trinajstić information content (AvgIpc) is 2.50. The molecular weight excluding hydrogens is 352 g/mol. The van der Waals surface area contributed by atoms with Gasteiger partial charge in [0.2, 0.25) is 10.0 Å². The van der Waals surface area contributed by atoms with Gasteiger partial charge in [-0.05, 0) is 61.9 Å². The Morgan fingerprint density at radius 1 is 1.21 bits per heavy atom. The van der Waals surface area contributed by atoms with Gasteiger partial charge in [-0.3, -0.25) is 4.79 Å². The first kappa shape index (κ1) is 18.3. The van der Waals surface area contributed by atoms with Gasteiger partial charge in [0.25, 0.3) is 5.91 Å². The van der Waals surface area contributed by atoms with Crippen molar-refractivity contribution in [1.82, 2.24) is 0 Å². The summed E-state index contributed by atoms with van der Waals surface area (Å²) in [7, 11) is -3.76. The Bertz CT molecular complexity index is 851. The van der Waals surface area contributed by atoms with Crippen LogP contribution in [0.4, 0.5) is 5.69 Å². The summed E-state index contributed by atoms with van der Waals surface area (Å²) in [6.45, 7) is 3.45. The number of anilines is 1. The van der Waals surface area contributed by atoms with Gasteiger partial charge in [0.1, 0.15) is 5.75 Å². The van der Waals surface area contributed by atoms with E-state index < -0.39 is 16.1 Å². The highest BCUT2D eigenvalue weighted by Crippen LogP contribution is 2.22. The summed E-state index contributed by atoms with van der Waals surface area (Å²) in [4.78, 5) is 12.1. The highest BCUT2D eigenvalue weighted by atomic mass is 35.5. The highest BCUT2D eigenvalue weighted by Gasteiger charge is 2.16. The fourth-order valence-corrected chi connectivity index (χ4v) is 2.55. The van der Waals surface area contributed by atoms with Crippen LogP contribution in [0.25, 0.3) is 0 Å². The first-order valence-electron chi connectivity index (χ1n) is 7.03. The molecule has 0 aliphatic heterocycles. The van der Waals surface area contributed by atoms with Crippen molar-refractivity contribution in [3.63, 3.8) is 0 Å². The number of amides is 1. The topological polar surface area (TPSA) is 98.5 Å². The van der Waals surface area contributed by atoms with Gasteiger partial charge in [0.05, 0.1) is 4.90 Å². The van der Waals surface area contributed by atoms with Crippen LogP contribution in [0, 0.1) is 6.92 Å². The quantitative estimate of drug-likeness (QED) is 0.847. The van der Waals surface area contributed by atoms with E-state index in [9.17, 15) is 13.2 Å². The number of aryl methyl sites for hydroxylation is 1. The lowest BCUT2D eigenvalue weighted by atomic mass is 10.2. The van der Waals surface area contributed by atoms with Crippen LogP contribution in [0.1, 0.15) is 12.5 Å². The number of halogens is 1. The Morgan fingerprint density at radius 2 is 1.83 bits per heavy atom. The minimum absolute atomic E-state index is 0.0264. The molecule has 0 radical (unpaired) electrons. The van der Waals surface area contributed by atoms with Crippen molar-refractivity contribution in [3.05, 3.63) is 53.1 Å². The molecule has 1 unspecified atom stereocenters. The molecule has 1 amide bonds. The van der Waals surface area contributed by atoms with Crippen LogP contribution in [0.5, 0.6) is 5.75 Å². The van der Waals surface area contributed by atoms with Crippen LogP contribution in [0.3, 0.4) is 0 Å². The van der Waals surface area contributed by atoms with E-state index in [0.717, 1.165) is 5.56 Å². The van der Waals surface area contributed by atoms with Gasteiger partial charge < -0.3 is 10.1 Å². The lowest BCUT2D eigenvalue weighted by Gasteiger charge is -2.15. The molecule has 0 spiro atoms. The number of primary sulfonamides is 1. The largest absolute Gasteiger partial charge is 0.481 e. The van der Waals surface area contributed by atoms with Gasteiger partial charge in [0, 0.05) is 10.7 Å². The molecule has 24 heavy (non-hydrogen) atoms. The number of hydrogen-bond acceptors (Lipinski definition) is 4. The van der Waals surface area contributed by atoms with Crippen LogP contribution >= 0.6 is 11.6 Å². The second-order valence-corrected chi connectivity index (χ2v) is 7.20. The molecule has 128 valence electrons. The third-order valence-electron chi connectivity index (χ3n) is 3.26. The minimum Gasteiger partial charge on any atom is -0.481 e. The van der Waals surface area contributed by atoms with Crippen LogP contribution in [0.2, 0.25) is 5.02 Å². The number of carbonyl (C=O) groups is 1. The molecule has 2 aromatic carbocycles. The van der Waals surface area contributed by atoms with Crippen molar-refractivity contribution in [2.24, 2.45) is 5.14 Å². The molecule has 0 bridgehead atoms. The molecule has 0 saturated carbocycles. The second kappa shape index (κ2) is 7.21. The van der Waals surface area contributed by atoms with Crippen molar-refractivity contribution in [2.75, 3.05) is 5.32 Å². The Hall–Kier alpha value is -2.09. The number of benzene rings is 2. The van der Waals surface area contributed by atoms with Crippen molar-refractivity contribution in [1.29, 1.82) is 0 Å². The maximum atomic E-state index is 12.1. The van der Waals surface area contributed by atoms with Gasteiger partial charge in [-0.1, -0.05) is 11.6 Å². The van der Waals surface area contributed by atoms with Crippen LogP contribution < -0.4 is 15.2 Å². The zero-order valence-electron chi connectivity index (χ0n) is 13.1. The molecule has 8 heteroatoms. The zero-order chi connectivity index (χ0) is 17.9. The molecule has 1 atom stereocenters. The lowest BCUT2D eigenvalue weighted by Crippen LogP contribution is -2.30. The fourth-order valence-electron chi connectivity index (χ4n) is 1.92. The van der Waals surface area contributed by atoms with E-state index in [2.05, 4.69) is 5.32 Å². The van der Waals surface area contributed by atoms with E-state index in [-0.39, 0.29) is 10.8 Å². The molecule has 0 fully saturated rings.